The maximum atomic E-state index is 10.3. The summed E-state index contributed by atoms with van der Waals surface area (Å²) in [5.74, 6) is 0.912. The van der Waals surface area contributed by atoms with Gasteiger partial charge in [-0.25, -0.2) is 0 Å². The van der Waals surface area contributed by atoms with Gasteiger partial charge in [-0.3, -0.25) is 0 Å². The molecule has 246 valence electrons. The molecular formula is C36H60Br2O4Th. The number of rotatable bonds is 0. The van der Waals surface area contributed by atoms with E-state index < -0.39 is 0 Å². The van der Waals surface area contributed by atoms with Gasteiger partial charge in [0.25, 0.3) is 0 Å². The Morgan fingerprint density at radius 1 is 0.488 bits per heavy atom. The molecular weight excluding hydrogens is 888 g/mol. The van der Waals surface area contributed by atoms with Crippen LogP contribution in [0.4, 0.5) is 0 Å². The van der Waals surface area contributed by atoms with Crippen LogP contribution in [0.1, 0.15) is 131 Å². The molecule has 0 spiro atoms. The van der Waals surface area contributed by atoms with Crippen molar-refractivity contribution >= 4 is 18.4 Å². The number of hydrogen-bond donors (Lipinski definition) is 2. The summed E-state index contributed by atoms with van der Waals surface area (Å²) in [6, 6.07) is 12.1. The summed E-state index contributed by atoms with van der Waals surface area (Å²) in [6.45, 7) is 29.4. The molecule has 4 rings (SSSR count). The van der Waals surface area contributed by atoms with Gasteiger partial charge in [-0.2, -0.15) is 0 Å². The molecule has 0 aromatic heterocycles. The van der Waals surface area contributed by atoms with Crippen molar-refractivity contribution in [1.29, 1.82) is 0 Å². The van der Waals surface area contributed by atoms with Crippen molar-refractivity contribution in [2.24, 2.45) is 0 Å². The van der Waals surface area contributed by atoms with Crippen molar-refractivity contribution in [2.45, 2.75) is 130 Å². The van der Waals surface area contributed by atoms with Crippen LogP contribution in [0.2, 0.25) is 0 Å². The predicted octanol–water partition coefficient (Wildman–Crippen LogP) is 11.3. The van der Waals surface area contributed by atoms with Crippen molar-refractivity contribution in [3.8, 4) is 11.5 Å². The summed E-state index contributed by atoms with van der Waals surface area (Å²) in [7, 11) is 6.54. The van der Waals surface area contributed by atoms with Crippen molar-refractivity contribution in [3.63, 3.8) is 0 Å². The first-order valence-electron chi connectivity index (χ1n) is 15.5. The fourth-order valence-corrected chi connectivity index (χ4v) is 4.53. The number of halogens is 2. The van der Waals surface area contributed by atoms with Crippen molar-refractivity contribution in [3.05, 3.63) is 58.7 Å². The molecule has 0 aliphatic carbocycles. The average Bonchev–Trinajstić information content (AvgIpc) is 3.62. The second-order valence-electron chi connectivity index (χ2n) is 15.1. The molecule has 0 bridgehead atoms. The first-order valence-corrected chi connectivity index (χ1v) is 33.2. The van der Waals surface area contributed by atoms with E-state index >= 15 is 0 Å². The van der Waals surface area contributed by atoms with Crippen molar-refractivity contribution in [1.82, 2.24) is 0 Å². The predicted molar refractivity (Wildman–Crippen MR) is 189 cm³/mol. The van der Waals surface area contributed by atoms with E-state index in [0.29, 0.717) is 11.5 Å². The zero-order chi connectivity index (χ0) is 33.5. The van der Waals surface area contributed by atoms with E-state index in [1.807, 2.05) is 36.4 Å². The van der Waals surface area contributed by atoms with Crippen LogP contribution in [0.5, 0.6) is 11.5 Å². The van der Waals surface area contributed by atoms with E-state index in [1.165, 1.54) is 25.7 Å². The molecule has 2 aromatic rings. The monoisotopic (exact) mass is 946 g/mol. The van der Waals surface area contributed by atoms with Gasteiger partial charge in [0, 0.05) is 26.4 Å². The number of phenols is 2. The molecule has 43 heavy (non-hydrogen) atoms. The van der Waals surface area contributed by atoms with Crippen LogP contribution in [0, 0.1) is 29.8 Å². The van der Waals surface area contributed by atoms with Crippen LogP contribution >= 0.6 is 18.4 Å². The summed E-state index contributed by atoms with van der Waals surface area (Å²) in [5.41, 5.74) is 4.06. The Morgan fingerprint density at radius 3 is 0.791 bits per heavy atom. The number of ether oxygens (including phenoxy) is 2. The minimum absolute atomic E-state index is 0.00859. The molecule has 2 aromatic carbocycles. The third kappa shape index (κ3) is 17.7. The standard InChI is InChI=1S/2C14H22O.2C4H8O.2BrH.Th/c2*1-13(2,3)10-8-7-9-11(12(10)15)14(4,5)6;2*1-2-4-5-3-1;;;/h2*7-9,15H,1-6H3;2*1-4H2;2*1H;/q;;;;;;+2/p-2. The molecule has 2 aliphatic rings. The summed E-state index contributed by atoms with van der Waals surface area (Å²) >= 11 is -0.380. The summed E-state index contributed by atoms with van der Waals surface area (Å²) in [6.07, 6.45) is 5.11. The Hall–Kier alpha value is 0.245. The zero-order valence-corrected chi connectivity index (χ0v) is 36.4. The molecule has 4 nitrogen and oxygen atoms in total. The van der Waals surface area contributed by atoms with Gasteiger partial charge in [-0.05, 0) is 69.6 Å². The molecule has 0 atom stereocenters. The van der Waals surface area contributed by atoms with Gasteiger partial charge in [-0.15, -0.1) is 0 Å². The summed E-state index contributed by atoms with van der Waals surface area (Å²) < 4.78 is 9.89. The molecule has 2 N–H and O–H groups in total. The Bertz CT molecular complexity index is 874. The first kappa shape index (κ1) is 43.2. The van der Waals surface area contributed by atoms with Crippen LogP contribution < -0.4 is 0 Å². The summed E-state index contributed by atoms with van der Waals surface area (Å²) in [5, 5.41) is 20.5. The van der Waals surface area contributed by atoms with E-state index in [2.05, 4.69) is 101 Å². The quantitative estimate of drug-likeness (QED) is 0.276. The average molecular weight is 949 g/mol. The van der Waals surface area contributed by atoms with Crippen LogP contribution in [0.25, 0.3) is 0 Å². The van der Waals surface area contributed by atoms with E-state index in [-0.39, 0.29) is 51.5 Å². The van der Waals surface area contributed by atoms with Crippen LogP contribution in [0.3, 0.4) is 0 Å². The number of phenolic OH excluding ortho intramolecular Hbond substituents is 2. The zero-order valence-electron chi connectivity index (χ0n) is 29.1. The Morgan fingerprint density at radius 2 is 0.674 bits per heavy atom. The Balaban J connectivity index is 0.000000582. The molecule has 0 unspecified atom stereocenters. The van der Waals surface area contributed by atoms with Gasteiger partial charge in [0.2, 0.25) is 0 Å². The van der Waals surface area contributed by atoms with Gasteiger partial charge in [-0.1, -0.05) is 119 Å². The summed E-state index contributed by atoms with van der Waals surface area (Å²) in [4.78, 5) is 0. The van der Waals surface area contributed by atoms with Gasteiger partial charge in [0.15, 0.2) is 0 Å². The molecule has 0 radical (unpaired) electrons. The fraction of sp³-hybridized carbons (Fsp3) is 0.667. The first-order chi connectivity index (χ1) is 19.7. The molecule has 7 heteroatoms. The van der Waals surface area contributed by atoms with E-state index in [0.717, 1.165) is 48.7 Å². The fourth-order valence-electron chi connectivity index (χ4n) is 4.53. The molecule has 2 aliphatic heterocycles. The third-order valence-corrected chi connectivity index (χ3v) is 6.96. The SMILES string of the molecule is C1CCOC1.C1CCOC1.CC(C)(C)c1cccc(C(C)(C)C)c1O.CC(C)(C)c1cccc(C(C)(C)C)c1O.[Br][Th][Br]. The second kappa shape index (κ2) is 20.5. The van der Waals surface area contributed by atoms with Crippen molar-refractivity contribution in [2.75, 3.05) is 26.4 Å². The van der Waals surface area contributed by atoms with E-state index in [1.54, 1.807) is 0 Å². The van der Waals surface area contributed by atoms with Gasteiger partial charge < -0.3 is 19.7 Å². The number of benzene rings is 2. The van der Waals surface area contributed by atoms with Crippen LogP contribution in [0.15, 0.2) is 36.4 Å². The Labute approximate surface area is 292 Å². The minimum atomic E-state index is -0.380. The van der Waals surface area contributed by atoms with E-state index in [4.69, 9.17) is 9.47 Å². The Kier molecular flexibility index (Phi) is 20.6. The second-order valence-corrected chi connectivity index (χ2v) is 32.8. The third-order valence-electron chi connectivity index (χ3n) is 6.96. The normalized spacial score (nSPS) is 14.8. The van der Waals surface area contributed by atoms with Gasteiger partial charge in [0.1, 0.15) is 11.5 Å². The van der Waals surface area contributed by atoms with Crippen molar-refractivity contribution < 1.29 is 49.5 Å². The van der Waals surface area contributed by atoms with E-state index in [9.17, 15) is 10.2 Å². The topological polar surface area (TPSA) is 58.9 Å². The molecule has 0 amide bonds. The molecule has 0 saturated carbocycles. The number of aromatic hydroxyl groups is 2. The molecule has 2 heterocycles. The molecule has 2 saturated heterocycles. The van der Waals surface area contributed by atoms with Crippen LogP contribution in [-0.2, 0) is 31.1 Å². The van der Waals surface area contributed by atoms with Gasteiger partial charge in [0.05, 0.1) is 0 Å². The number of para-hydroxylation sites is 2. The maximum absolute atomic E-state index is 10.3. The number of hydrogen-bond acceptors (Lipinski definition) is 4. The molecule has 2 fully saturated rings. The van der Waals surface area contributed by atoms with Gasteiger partial charge >= 0.3 is 48.2 Å². The van der Waals surface area contributed by atoms with Crippen LogP contribution in [-0.4, -0.2) is 36.6 Å².